The summed E-state index contributed by atoms with van der Waals surface area (Å²) in [6.07, 6.45) is 5.82. The highest BCUT2D eigenvalue weighted by molar-refractivity contribution is 5.11. The number of hydrogen-bond acceptors (Lipinski definition) is 2. The molecule has 0 N–H and O–H groups in total. The van der Waals surface area contributed by atoms with E-state index in [0.29, 0.717) is 30.6 Å². The summed E-state index contributed by atoms with van der Waals surface area (Å²) in [5.74, 6) is 1.33. The van der Waals surface area contributed by atoms with Gasteiger partial charge in [-0.3, -0.25) is 0 Å². The summed E-state index contributed by atoms with van der Waals surface area (Å²) in [5, 5.41) is 0. The molecule has 0 spiro atoms. The first kappa shape index (κ1) is 11.5. The minimum atomic E-state index is -0.890. The van der Waals surface area contributed by atoms with E-state index in [-0.39, 0.29) is 12.4 Å². The minimum Gasteiger partial charge on any atom is -0.476 e. The van der Waals surface area contributed by atoms with Gasteiger partial charge in [-0.2, -0.15) is 0 Å². The van der Waals surface area contributed by atoms with Crippen LogP contribution in [0.5, 0.6) is 0 Å². The van der Waals surface area contributed by atoms with Crippen LogP contribution < -0.4 is 0 Å². The van der Waals surface area contributed by atoms with Gasteiger partial charge in [-0.25, -0.2) is 4.39 Å². The molecule has 3 heteroatoms. The standard InChI is InChI=1S/C14H21FO2/c1-3-16-9-17-13(2)11-4-10-5-12(13)8-14(15,6-10)7-11/h3,10-12H,1,4-9H2,2H3. The van der Waals surface area contributed by atoms with E-state index in [4.69, 9.17) is 9.47 Å². The average molecular weight is 240 g/mol. The van der Waals surface area contributed by atoms with Crippen molar-refractivity contribution in [3.63, 3.8) is 0 Å². The second-order valence-electron chi connectivity index (χ2n) is 6.27. The van der Waals surface area contributed by atoms with Gasteiger partial charge in [0.25, 0.3) is 0 Å². The van der Waals surface area contributed by atoms with E-state index < -0.39 is 5.67 Å². The second-order valence-corrected chi connectivity index (χ2v) is 6.27. The maximum absolute atomic E-state index is 14.5. The molecular weight excluding hydrogens is 219 g/mol. The van der Waals surface area contributed by atoms with Gasteiger partial charge >= 0.3 is 0 Å². The van der Waals surface area contributed by atoms with Crippen LogP contribution in [0, 0.1) is 17.8 Å². The van der Waals surface area contributed by atoms with E-state index in [2.05, 4.69) is 13.5 Å². The molecule has 0 aromatic carbocycles. The summed E-state index contributed by atoms with van der Waals surface area (Å²) in [6, 6.07) is 0. The van der Waals surface area contributed by atoms with Gasteiger partial charge in [-0.05, 0) is 56.8 Å². The van der Waals surface area contributed by atoms with Crippen LogP contribution in [-0.2, 0) is 9.47 Å². The number of hydrogen-bond donors (Lipinski definition) is 0. The molecule has 0 radical (unpaired) electrons. The SMILES string of the molecule is C=COCOC1(C)C2CC3CC1CC(F)(C3)C2. The van der Waals surface area contributed by atoms with Crippen molar-refractivity contribution in [2.24, 2.45) is 17.8 Å². The van der Waals surface area contributed by atoms with Crippen molar-refractivity contribution < 1.29 is 13.9 Å². The van der Waals surface area contributed by atoms with E-state index in [9.17, 15) is 4.39 Å². The molecule has 2 unspecified atom stereocenters. The third-order valence-corrected chi connectivity index (χ3v) is 5.29. The molecule has 17 heavy (non-hydrogen) atoms. The quantitative estimate of drug-likeness (QED) is 0.426. The third-order valence-electron chi connectivity index (χ3n) is 5.29. The van der Waals surface area contributed by atoms with E-state index >= 15 is 0 Å². The van der Waals surface area contributed by atoms with Gasteiger partial charge in [0.15, 0.2) is 6.79 Å². The Morgan fingerprint density at radius 1 is 1.29 bits per heavy atom. The van der Waals surface area contributed by atoms with E-state index in [1.807, 2.05) is 0 Å². The molecule has 4 fully saturated rings. The van der Waals surface area contributed by atoms with Crippen LogP contribution in [0.3, 0.4) is 0 Å². The molecule has 2 atom stereocenters. The maximum atomic E-state index is 14.5. The first-order valence-electron chi connectivity index (χ1n) is 6.61. The summed E-state index contributed by atoms with van der Waals surface area (Å²) < 4.78 is 25.5. The predicted octanol–water partition coefficient (Wildman–Crippen LogP) is 3.43. The van der Waals surface area contributed by atoms with Gasteiger partial charge in [0, 0.05) is 0 Å². The predicted molar refractivity (Wildman–Crippen MR) is 63.0 cm³/mol. The number of alkyl halides is 1. The zero-order valence-electron chi connectivity index (χ0n) is 10.5. The smallest absolute Gasteiger partial charge is 0.188 e. The normalized spacial score (nSPS) is 51.5. The molecule has 2 nitrogen and oxygen atoms in total. The fraction of sp³-hybridized carbons (Fsp3) is 0.857. The van der Waals surface area contributed by atoms with Crippen molar-refractivity contribution in [1.29, 1.82) is 0 Å². The van der Waals surface area contributed by atoms with Gasteiger partial charge in [0.1, 0.15) is 5.67 Å². The lowest BCUT2D eigenvalue weighted by molar-refractivity contribution is -0.243. The fourth-order valence-electron chi connectivity index (χ4n) is 4.54. The lowest BCUT2D eigenvalue weighted by Crippen LogP contribution is -2.62. The Morgan fingerprint density at radius 3 is 2.47 bits per heavy atom. The van der Waals surface area contributed by atoms with Gasteiger partial charge in [0.05, 0.1) is 11.9 Å². The molecule has 0 aliphatic heterocycles. The topological polar surface area (TPSA) is 18.5 Å². The van der Waals surface area contributed by atoms with Crippen molar-refractivity contribution in [1.82, 2.24) is 0 Å². The average Bonchev–Trinajstić information content (AvgIpc) is 2.24. The molecule has 0 saturated heterocycles. The summed E-state index contributed by atoms with van der Waals surface area (Å²) in [6.45, 7) is 5.90. The van der Waals surface area contributed by atoms with Crippen LogP contribution in [0.15, 0.2) is 12.8 Å². The van der Waals surface area contributed by atoms with E-state index in [0.717, 1.165) is 19.3 Å². The maximum Gasteiger partial charge on any atom is 0.188 e. The second kappa shape index (κ2) is 3.71. The molecule has 4 saturated carbocycles. The number of halogens is 1. The van der Waals surface area contributed by atoms with Crippen molar-refractivity contribution >= 4 is 0 Å². The minimum absolute atomic E-state index is 0.185. The molecule has 4 bridgehead atoms. The summed E-state index contributed by atoms with van der Waals surface area (Å²) >= 11 is 0. The van der Waals surface area contributed by atoms with Crippen LogP contribution in [0.2, 0.25) is 0 Å². The monoisotopic (exact) mass is 240 g/mol. The lowest BCUT2D eigenvalue weighted by Gasteiger charge is -2.61. The van der Waals surface area contributed by atoms with Gasteiger partial charge < -0.3 is 9.47 Å². The van der Waals surface area contributed by atoms with Crippen molar-refractivity contribution in [2.45, 2.75) is 50.3 Å². The van der Waals surface area contributed by atoms with Crippen LogP contribution in [-0.4, -0.2) is 18.1 Å². The molecule has 0 aromatic rings. The molecule has 0 aromatic heterocycles. The molecule has 4 rings (SSSR count). The Morgan fingerprint density at radius 2 is 1.94 bits per heavy atom. The largest absolute Gasteiger partial charge is 0.476 e. The molecule has 4 aliphatic rings. The Balaban J connectivity index is 1.76. The first-order chi connectivity index (χ1) is 8.06. The lowest BCUT2D eigenvalue weighted by atomic mass is 9.49. The zero-order chi connectivity index (χ0) is 12.1. The van der Waals surface area contributed by atoms with E-state index in [1.54, 1.807) is 0 Å². The van der Waals surface area contributed by atoms with Gasteiger partial charge in [0.2, 0.25) is 0 Å². The zero-order valence-corrected chi connectivity index (χ0v) is 10.5. The van der Waals surface area contributed by atoms with Crippen LogP contribution in [0.1, 0.15) is 39.0 Å². The Hall–Kier alpha value is -0.570. The Labute approximate surface area is 102 Å². The molecule has 0 heterocycles. The molecule has 96 valence electrons. The van der Waals surface area contributed by atoms with Crippen molar-refractivity contribution in [3.8, 4) is 0 Å². The van der Waals surface area contributed by atoms with Gasteiger partial charge in [-0.15, -0.1) is 0 Å². The summed E-state index contributed by atoms with van der Waals surface area (Å²) in [4.78, 5) is 0. The Bertz CT molecular complexity index is 312. The molecule has 4 aliphatic carbocycles. The third kappa shape index (κ3) is 1.70. The van der Waals surface area contributed by atoms with Gasteiger partial charge in [-0.1, -0.05) is 6.58 Å². The van der Waals surface area contributed by atoms with Crippen LogP contribution in [0.4, 0.5) is 4.39 Å². The highest BCUT2D eigenvalue weighted by Crippen LogP contribution is 2.62. The molecule has 0 amide bonds. The number of rotatable bonds is 4. The fourth-order valence-corrected chi connectivity index (χ4v) is 4.54. The van der Waals surface area contributed by atoms with Crippen molar-refractivity contribution in [2.75, 3.05) is 6.79 Å². The summed E-state index contributed by atoms with van der Waals surface area (Å²) in [5.41, 5.74) is -1.08. The molecular formula is C14H21FO2. The van der Waals surface area contributed by atoms with Crippen LogP contribution in [0.25, 0.3) is 0 Å². The first-order valence-corrected chi connectivity index (χ1v) is 6.61. The van der Waals surface area contributed by atoms with Crippen LogP contribution >= 0.6 is 0 Å². The van der Waals surface area contributed by atoms with Crippen molar-refractivity contribution in [3.05, 3.63) is 12.8 Å². The highest BCUT2D eigenvalue weighted by atomic mass is 19.1. The summed E-state index contributed by atoms with van der Waals surface area (Å²) in [7, 11) is 0. The highest BCUT2D eigenvalue weighted by Gasteiger charge is 2.61. The Kier molecular flexibility index (Phi) is 2.51. The van der Waals surface area contributed by atoms with E-state index in [1.165, 1.54) is 6.26 Å². The number of ether oxygens (including phenoxy) is 2.